The van der Waals surface area contributed by atoms with Gasteiger partial charge in [0.15, 0.2) is 11.6 Å². The number of nitrogens with one attached hydrogen (secondary N) is 1. The van der Waals surface area contributed by atoms with Crippen molar-refractivity contribution in [2.45, 2.75) is 6.54 Å². The molecule has 2 aromatic rings. The molecule has 2 nitrogen and oxygen atoms in total. The average Bonchev–Trinajstić information content (AvgIpc) is 2.55. The van der Waals surface area contributed by atoms with Crippen molar-refractivity contribution in [3.8, 4) is 0 Å². The molecular weight excluding hydrogens is 174 g/mol. The largest absolute Gasteiger partial charge is 0.358 e. The highest BCUT2D eigenvalue weighted by atomic mass is 19.2. The molecule has 1 heterocycles. The molecule has 0 spiro atoms. The van der Waals surface area contributed by atoms with Crippen molar-refractivity contribution in [2.24, 2.45) is 5.73 Å². The minimum Gasteiger partial charge on any atom is -0.358 e. The van der Waals surface area contributed by atoms with Crippen LogP contribution in [0.2, 0.25) is 0 Å². The van der Waals surface area contributed by atoms with Crippen LogP contribution in [0.25, 0.3) is 10.9 Å². The van der Waals surface area contributed by atoms with Crippen LogP contribution in [0.3, 0.4) is 0 Å². The zero-order valence-electron chi connectivity index (χ0n) is 6.77. The van der Waals surface area contributed by atoms with Gasteiger partial charge in [0.2, 0.25) is 0 Å². The molecule has 0 fully saturated rings. The molecule has 0 aliphatic heterocycles. The van der Waals surface area contributed by atoms with E-state index in [1.54, 1.807) is 6.20 Å². The van der Waals surface area contributed by atoms with Crippen LogP contribution in [-0.2, 0) is 6.54 Å². The lowest BCUT2D eigenvalue weighted by atomic mass is 10.1. The Hall–Kier alpha value is -1.42. The van der Waals surface area contributed by atoms with E-state index in [1.165, 1.54) is 6.07 Å². The molecule has 4 heteroatoms. The van der Waals surface area contributed by atoms with Crippen molar-refractivity contribution in [3.05, 3.63) is 35.5 Å². The molecule has 0 atom stereocenters. The van der Waals surface area contributed by atoms with E-state index in [4.69, 9.17) is 5.73 Å². The van der Waals surface area contributed by atoms with Crippen molar-refractivity contribution in [2.75, 3.05) is 0 Å². The highest BCUT2D eigenvalue weighted by Gasteiger charge is 2.10. The summed E-state index contributed by atoms with van der Waals surface area (Å²) in [6, 6.07) is 2.62. The minimum absolute atomic E-state index is 0.181. The van der Waals surface area contributed by atoms with Gasteiger partial charge >= 0.3 is 0 Å². The topological polar surface area (TPSA) is 41.8 Å². The number of aromatic amines is 1. The van der Waals surface area contributed by atoms with E-state index >= 15 is 0 Å². The molecule has 0 amide bonds. The number of fused-ring (bicyclic) bond motifs is 1. The number of H-pyrrole nitrogens is 1. The Bertz CT molecular complexity index is 448. The third kappa shape index (κ3) is 1.10. The number of nitrogens with two attached hydrogens (primary N) is 1. The van der Waals surface area contributed by atoms with E-state index in [-0.39, 0.29) is 5.52 Å². The summed E-state index contributed by atoms with van der Waals surface area (Å²) in [5, 5.41) is 0.640. The number of hydrogen-bond donors (Lipinski definition) is 2. The van der Waals surface area contributed by atoms with Crippen LogP contribution in [-0.4, -0.2) is 4.98 Å². The van der Waals surface area contributed by atoms with Crippen molar-refractivity contribution in [3.63, 3.8) is 0 Å². The number of halogens is 2. The highest BCUT2D eigenvalue weighted by molar-refractivity contribution is 5.83. The van der Waals surface area contributed by atoms with Crippen molar-refractivity contribution >= 4 is 10.9 Å². The van der Waals surface area contributed by atoms with Crippen LogP contribution in [0.5, 0.6) is 0 Å². The van der Waals surface area contributed by atoms with Gasteiger partial charge in [-0.3, -0.25) is 0 Å². The second-order valence-electron chi connectivity index (χ2n) is 2.80. The molecule has 0 radical (unpaired) electrons. The van der Waals surface area contributed by atoms with E-state index in [9.17, 15) is 8.78 Å². The van der Waals surface area contributed by atoms with Gasteiger partial charge in [-0.1, -0.05) is 0 Å². The summed E-state index contributed by atoms with van der Waals surface area (Å²) in [4.78, 5) is 2.65. The van der Waals surface area contributed by atoms with Crippen molar-refractivity contribution < 1.29 is 8.78 Å². The number of rotatable bonds is 1. The van der Waals surface area contributed by atoms with Gasteiger partial charge in [-0.25, -0.2) is 8.78 Å². The van der Waals surface area contributed by atoms with Crippen LogP contribution < -0.4 is 5.73 Å². The van der Waals surface area contributed by atoms with Gasteiger partial charge in [0.25, 0.3) is 0 Å². The first-order valence-electron chi connectivity index (χ1n) is 3.88. The third-order valence-electron chi connectivity index (χ3n) is 2.05. The molecule has 1 aromatic carbocycles. The molecule has 68 valence electrons. The maximum Gasteiger partial charge on any atom is 0.182 e. The number of hydrogen-bond acceptors (Lipinski definition) is 1. The SMILES string of the molecule is NCc1c[nH]c2c(F)c(F)ccc12. The maximum atomic E-state index is 13.1. The van der Waals surface area contributed by atoms with E-state index in [2.05, 4.69) is 4.98 Å². The Kier molecular flexibility index (Phi) is 1.77. The molecule has 0 saturated heterocycles. The van der Waals surface area contributed by atoms with Crippen LogP contribution in [0.4, 0.5) is 8.78 Å². The maximum absolute atomic E-state index is 13.1. The molecule has 0 aliphatic carbocycles. The summed E-state index contributed by atoms with van der Waals surface area (Å²) >= 11 is 0. The summed E-state index contributed by atoms with van der Waals surface area (Å²) in [5.74, 6) is -1.70. The zero-order chi connectivity index (χ0) is 9.42. The summed E-state index contributed by atoms with van der Waals surface area (Å²) < 4.78 is 25.8. The normalized spacial score (nSPS) is 11.0. The Morgan fingerprint density at radius 1 is 1.31 bits per heavy atom. The first-order chi connectivity index (χ1) is 6.24. The van der Waals surface area contributed by atoms with Gasteiger partial charge < -0.3 is 10.7 Å². The molecular formula is C9H8F2N2. The van der Waals surface area contributed by atoms with Crippen LogP contribution in [0, 0.1) is 11.6 Å². The van der Waals surface area contributed by atoms with Crippen molar-refractivity contribution in [1.29, 1.82) is 0 Å². The van der Waals surface area contributed by atoms with Gasteiger partial charge in [0, 0.05) is 18.1 Å². The predicted octanol–water partition coefficient (Wildman–Crippen LogP) is 1.90. The number of aromatic nitrogens is 1. The fourth-order valence-corrected chi connectivity index (χ4v) is 1.37. The average molecular weight is 182 g/mol. The first kappa shape index (κ1) is 8.19. The van der Waals surface area contributed by atoms with Gasteiger partial charge in [-0.05, 0) is 17.7 Å². The molecule has 0 aliphatic rings. The zero-order valence-corrected chi connectivity index (χ0v) is 6.77. The Morgan fingerprint density at radius 3 is 2.77 bits per heavy atom. The minimum atomic E-state index is -0.850. The fraction of sp³-hybridized carbons (Fsp3) is 0.111. The summed E-state index contributed by atoms with van der Waals surface area (Å²) in [7, 11) is 0. The Balaban J connectivity index is 2.81. The summed E-state index contributed by atoms with van der Waals surface area (Å²) in [6.07, 6.45) is 1.59. The lowest BCUT2D eigenvalue weighted by Crippen LogP contribution is -1.94. The molecule has 1 aromatic heterocycles. The smallest absolute Gasteiger partial charge is 0.182 e. The Morgan fingerprint density at radius 2 is 2.08 bits per heavy atom. The molecule has 3 N–H and O–H groups in total. The lowest BCUT2D eigenvalue weighted by molar-refractivity contribution is 0.515. The molecule has 0 bridgehead atoms. The summed E-state index contributed by atoms with van der Waals surface area (Å²) in [5.41, 5.74) is 6.38. The van der Waals surface area contributed by atoms with Crippen LogP contribution in [0.15, 0.2) is 18.3 Å². The van der Waals surface area contributed by atoms with Gasteiger partial charge in [-0.2, -0.15) is 0 Å². The first-order valence-corrected chi connectivity index (χ1v) is 3.88. The van der Waals surface area contributed by atoms with E-state index in [0.717, 1.165) is 11.6 Å². The number of benzene rings is 1. The van der Waals surface area contributed by atoms with Gasteiger partial charge in [-0.15, -0.1) is 0 Å². The predicted molar refractivity (Wildman–Crippen MR) is 46.1 cm³/mol. The van der Waals surface area contributed by atoms with Crippen LogP contribution in [0.1, 0.15) is 5.56 Å². The molecule has 13 heavy (non-hydrogen) atoms. The van der Waals surface area contributed by atoms with E-state index in [0.29, 0.717) is 11.9 Å². The highest BCUT2D eigenvalue weighted by Crippen LogP contribution is 2.22. The molecule has 0 unspecified atom stereocenters. The van der Waals surface area contributed by atoms with Gasteiger partial charge in [0.05, 0.1) is 5.52 Å². The standard InChI is InChI=1S/C9H8F2N2/c10-7-2-1-6-5(3-12)4-13-9(6)8(7)11/h1-2,4,13H,3,12H2. The second kappa shape index (κ2) is 2.81. The van der Waals surface area contributed by atoms with E-state index < -0.39 is 11.6 Å². The quantitative estimate of drug-likeness (QED) is 0.694. The van der Waals surface area contributed by atoms with E-state index in [1.807, 2.05) is 0 Å². The van der Waals surface area contributed by atoms with Crippen LogP contribution >= 0.6 is 0 Å². The summed E-state index contributed by atoms with van der Waals surface area (Å²) in [6.45, 7) is 0.311. The fourth-order valence-electron chi connectivity index (χ4n) is 1.37. The third-order valence-corrected chi connectivity index (χ3v) is 2.05. The monoisotopic (exact) mass is 182 g/mol. The van der Waals surface area contributed by atoms with Gasteiger partial charge in [0.1, 0.15) is 0 Å². The molecule has 0 saturated carbocycles. The second-order valence-corrected chi connectivity index (χ2v) is 2.80. The molecule has 2 rings (SSSR count). The van der Waals surface area contributed by atoms with Crippen molar-refractivity contribution in [1.82, 2.24) is 4.98 Å². The lowest BCUT2D eigenvalue weighted by Gasteiger charge is -1.95. The Labute approximate surface area is 73.4 Å².